The second-order valence-electron chi connectivity index (χ2n) is 6.15. The van der Waals surface area contributed by atoms with E-state index in [2.05, 4.69) is 5.32 Å². The Morgan fingerprint density at radius 2 is 1.92 bits per heavy atom. The predicted octanol–water partition coefficient (Wildman–Crippen LogP) is 2.42. The maximum atomic E-state index is 12.1. The fraction of sp³-hybridized carbons (Fsp3) is 0.389. The van der Waals surface area contributed by atoms with Crippen LogP contribution in [0.2, 0.25) is 0 Å². The number of hydrogen-bond donors (Lipinski definition) is 1. The van der Waals surface area contributed by atoms with Crippen LogP contribution < -0.4 is 10.7 Å². The molecule has 0 saturated carbocycles. The molecule has 0 unspecified atom stereocenters. The van der Waals surface area contributed by atoms with E-state index in [9.17, 15) is 14.4 Å². The Morgan fingerprint density at radius 3 is 2.58 bits per heavy atom. The molecule has 0 fully saturated rings. The Morgan fingerprint density at radius 1 is 1.21 bits per heavy atom. The third kappa shape index (κ3) is 4.22. The van der Waals surface area contributed by atoms with Gasteiger partial charge in [0.15, 0.2) is 12.0 Å². The smallest absolute Gasteiger partial charge is 0.374 e. The lowest BCUT2D eigenvalue weighted by atomic mass is 10.1. The molecule has 0 spiro atoms. The summed E-state index contributed by atoms with van der Waals surface area (Å²) in [6, 6.07) is 6.15. The standard InChI is InChI=1S/C18H21NO5/c1-10(2)12(4)19-17(21)9-23-18(22)16-8-14(20)13-7-11(3)5-6-15(13)24-16/h5-8,10,12H,9H2,1-4H3,(H,19,21)/t12-/m0/s1. The molecule has 0 bridgehead atoms. The number of fused-ring (bicyclic) bond motifs is 1. The second kappa shape index (κ2) is 7.29. The fourth-order valence-electron chi connectivity index (χ4n) is 2.04. The van der Waals surface area contributed by atoms with E-state index in [1.54, 1.807) is 18.2 Å². The van der Waals surface area contributed by atoms with Crippen LogP contribution in [-0.2, 0) is 9.53 Å². The highest BCUT2D eigenvalue weighted by molar-refractivity contribution is 5.90. The summed E-state index contributed by atoms with van der Waals surface area (Å²) in [5.74, 6) is -1.20. The molecule has 0 aliphatic rings. The van der Waals surface area contributed by atoms with Gasteiger partial charge in [-0.3, -0.25) is 9.59 Å². The normalized spacial score (nSPS) is 12.2. The highest BCUT2D eigenvalue weighted by Crippen LogP contribution is 2.14. The first-order valence-corrected chi connectivity index (χ1v) is 7.79. The van der Waals surface area contributed by atoms with Crippen LogP contribution in [0.4, 0.5) is 0 Å². The van der Waals surface area contributed by atoms with Crippen molar-refractivity contribution in [1.82, 2.24) is 5.32 Å². The minimum absolute atomic E-state index is 0.0296. The van der Waals surface area contributed by atoms with Crippen molar-refractivity contribution in [3.63, 3.8) is 0 Å². The quantitative estimate of drug-likeness (QED) is 0.850. The number of rotatable bonds is 5. The molecule has 24 heavy (non-hydrogen) atoms. The van der Waals surface area contributed by atoms with Gasteiger partial charge in [0.2, 0.25) is 5.76 Å². The molecule has 1 N–H and O–H groups in total. The predicted molar refractivity (Wildman–Crippen MR) is 89.9 cm³/mol. The Hall–Kier alpha value is -2.63. The Kier molecular flexibility index (Phi) is 5.39. The molecule has 2 rings (SSSR count). The maximum absolute atomic E-state index is 12.1. The topological polar surface area (TPSA) is 85.6 Å². The Labute approximate surface area is 139 Å². The van der Waals surface area contributed by atoms with E-state index in [0.29, 0.717) is 11.0 Å². The van der Waals surface area contributed by atoms with Gasteiger partial charge < -0.3 is 14.5 Å². The molecule has 2 aromatic rings. The van der Waals surface area contributed by atoms with Gasteiger partial charge in [0.1, 0.15) is 5.58 Å². The first-order valence-electron chi connectivity index (χ1n) is 7.79. The zero-order valence-corrected chi connectivity index (χ0v) is 14.2. The average Bonchev–Trinajstić information content (AvgIpc) is 2.52. The van der Waals surface area contributed by atoms with Crippen LogP contribution in [0, 0.1) is 12.8 Å². The lowest BCUT2D eigenvalue weighted by Gasteiger charge is -2.17. The molecule has 0 aliphatic heterocycles. The van der Waals surface area contributed by atoms with E-state index in [0.717, 1.165) is 11.6 Å². The van der Waals surface area contributed by atoms with Gasteiger partial charge in [0, 0.05) is 12.1 Å². The summed E-state index contributed by atoms with van der Waals surface area (Å²) in [5, 5.41) is 3.12. The van der Waals surface area contributed by atoms with Crippen molar-refractivity contribution >= 4 is 22.8 Å². The maximum Gasteiger partial charge on any atom is 0.374 e. The molecule has 1 atom stereocenters. The van der Waals surface area contributed by atoms with E-state index in [4.69, 9.17) is 9.15 Å². The average molecular weight is 331 g/mol. The number of hydrogen-bond acceptors (Lipinski definition) is 5. The van der Waals surface area contributed by atoms with Gasteiger partial charge in [-0.2, -0.15) is 0 Å². The first kappa shape index (κ1) is 17.7. The number of carbonyl (C=O) groups is 2. The summed E-state index contributed by atoms with van der Waals surface area (Å²) in [6.45, 7) is 7.25. The van der Waals surface area contributed by atoms with Gasteiger partial charge in [-0.15, -0.1) is 0 Å². The fourth-order valence-corrected chi connectivity index (χ4v) is 2.04. The summed E-state index contributed by atoms with van der Waals surface area (Å²) in [7, 11) is 0. The summed E-state index contributed by atoms with van der Waals surface area (Å²) in [6.07, 6.45) is 0. The van der Waals surface area contributed by atoms with Crippen LogP contribution in [0.25, 0.3) is 11.0 Å². The zero-order valence-electron chi connectivity index (χ0n) is 14.2. The lowest BCUT2D eigenvalue weighted by molar-refractivity contribution is -0.125. The van der Waals surface area contributed by atoms with Crippen molar-refractivity contribution in [3.8, 4) is 0 Å². The summed E-state index contributed by atoms with van der Waals surface area (Å²) >= 11 is 0. The van der Waals surface area contributed by atoms with E-state index in [1.807, 2.05) is 27.7 Å². The molecule has 1 amide bonds. The number of carbonyl (C=O) groups excluding carboxylic acids is 2. The third-order valence-corrected chi connectivity index (χ3v) is 3.81. The first-order chi connectivity index (χ1) is 11.3. The number of aryl methyl sites for hydroxylation is 1. The molecule has 0 saturated heterocycles. The van der Waals surface area contributed by atoms with Crippen molar-refractivity contribution in [2.75, 3.05) is 6.61 Å². The van der Waals surface area contributed by atoms with Gasteiger partial charge >= 0.3 is 5.97 Å². The number of amides is 1. The van der Waals surface area contributed by atoms with E-state index < -0.39 is 18.5 Å². The number of benzene rings is 1. The third-order valence-electron chi connectivity index (χ3n) is 3.81. The van der Waals surface area contributed by atoms with E-state index in [1.165, 1.54) is 0 Å². The molecule has 0 radical (unpaired) electrons. The molecule has 6 nitrogen and oxygen atoms in total. The van der Waals surface area contributed by atoms with Crippen LogP contribution in [-0.4, -0.2) is 24.5 Å². The highest BCUT2D eigenvalue weighted by Gasteiger charge is 2.17. The molecule has 1 aromatic heterocycles. The second-order valence-corrected chi connectivity index (χ2v) is 6.15. The summed E-state index contributed by atoms with van der Waals surface area (Å²) < 4.78 is 10.3. The minimum Gasteiger partial charge on any atom is -0.450 e. The molecular formula is C18H21NO5. The van der Waals surface area contributed by atoms with Crippen molar-refractivity contribution in [2.24, 2.45) is 5.92 Å². The Bertz CT molecular complexity index is 822. The lowest BCUT2D eigenvalue weighted by Crippen LogP contribution is -2.38. The zero-order chi connectivity index (χ0) is 17.9. The number of nitrogens with one attached hydrogen (secondary N) is 1. The van der Waals surface area contributed by atoms with Gasteiger partial charge in [-0.25, -0.2) is 4.79 Å². The van der Waals surface area contributed by atoms with Crippen LogP contribution in [0.5, 0.6) is 0 Å². The van der Waals surface area contributed by atoms with Crippen LogP contribution in [0.1, 0.15) is 36.9 Å². The van der Waals surface area contributed by atoms with Crippen molar-refractivity contribution in [1.29, 1.82) is 0 Å². The van der Waals surface area contributed by atoms with Gasteiger partial charge in [0.05, 0.1) is 5.39 Å². The van der Waals surface area contributed by atoms with Crippen LogP contribution in [0.3, 0.4) is 0 Å². The van der Waals surface area contributed by atoms with Gasteiger partial charge in [0.25, 0.3) is 5.91 Å². The van der Waals surface area contributed by atoms with Gasteiger partial charge in [-0.1, -0.05) is 25.5 Å². The SMILES string of the molecule is Cc1ccc2oc(C(=O)OCC(=O)N[C@@H](C)C(C)C)cc(=O)c2c1. The summed E-state index contributed by atoms with van der Waals surface area (Å²) in [4.78, 5) is 35.8. The van der Waals surface area contributed by atoms with Crippen LogP contribution in [0.15, 0.2) is 33.5 Å². The minimum atomic E-state index is -0.845. The van der Waals surface area contributed by atoms with Crippen molar-refractivity contribution in [2.45, 2.75) is 33.7 Å². The van der Waals surface area contributed by atoms with Crippen molar-refractivity contribution < 1.29 is 18.7 Å². The van der Waals surface area contributed by atoms with E-state index in [-0.39, 0.29) is 23.1 Å². The monoisotopic (exact) mass is 331 g/mol. The molecule has 1 heterocycles. The molecular weight excluding hydrogens is 310 g/mol. The highest BCUT2D eigenvalue weighted by atomic mass is 16.5. The molecule has 128 valence electrons. The Balaban J connectivity index is 2.08. The molecule has 0 aliphatic carbocycles. The largest absolute Gasteiger partial charge is 0.450 e. The number of ether oxygens (including phenoxy) is 1. The van der Waals surface area contributed by atoms with Crippen molar-refractivity contribution in [3.05, 3.63) is 45.8 Å². The van der Waals surface area contributed by atoms with Gasteiger partial charge in [-0.05, 0) is 31.9 Å². The molecule has 1 aromatic carbocycles. The number of esters is 1. The van der Waals surface area contributed by atoms with E-state index >= 15 is 0 Å². The van der Waals surface area contributed by atoms with Crippen LogP contribution >= 0.6 is 0 Å². The molecule has 6 heteroatoms. The summed E-state index contributed by atoms with van der Waals surface area (Å²) in [5.41, 5.74) is 0.892.